The molecule has 1 aromatic rings. The number of nitrogens with one attached hydrogen (secondary N) is 1. The first kappa shape index (κ1) is 15.6. The fourth-order valence-corrected chi connectivity index (χ4v) is 2.88. The SMILES string of the molecule is CC1CCC(O)(CNC(=O)c2cccc(Cl)c2Cl)CC1. The smallest absolute Gasteiger partial charge is 0.252 e. The first-order valence-corrected chi connectivity index (χ1v) is 7.61. The average Bonchev–Trinajstić information content (AvgIpc) is 2.43. The number of benzene rings is 1. The number of carbonyl (C=O) groups excluding carboxylic acids is 1. The van der Waals surface area contributed by atoms with Crippen molar-refractivity contribution in [2.24, 2.45) is 5.92 Å². The van der Waals surface area contributed by atoms with Crippen molar-refractivity contribution in [2.75, 3.05) is 6.54 Å². The third-order valence-electron chi connectivity index (χ3n) is 3.98. The van der Waals surface area contributed by atoms with Crippen LogP contribution in [0, 0.1) is 5.92 Å². The maximum absolute atomic E-state index is 12.1. The summed E-state index contributed by atoms with van der Waals surface area (Å²) in [7, 11) is 0. The van der Waals surface area contributed by atoms with Crippen LogP contribution >= 0.6 is 23.2 Å². The first-order valence-electron chi connectivity index (χ1n) is 6.86. The second-order valence-electron chi connectivity index (χ2n) is 5.69. The molecule has 1 amide bonds. The molecule has 0 heterocycles. The Morgan fingerprint density at radius 1 is 1.40 bits per heavy atom. The lowest BCUT2D eigenvalue weighted by Gasteiger charge is -2.35. The summed E-state index contributed by atoms with van der Waals surface area (Å²) in [5, 5.41) is 13.8. The number of hydrogen-bond acceptors (Lipinski definition) is 2. The fourth-order valence-electron chi connectivity index (χ4n) is 2.50. The van der Waals surface area contributed by atoms with Gasteiger partial charge in [0.25, 0.3) is 5.91 Å². The zero-order valence-electron chi connectivity index (χ0n) is 11.5. The molecule has 0 spiro atoms. The Morgan fingerprint density at radius 3 is 2.70 bits per heavy atom. The first-order chi connectivity index (χ1) is 9.41. The van der Waals surface area contributed by atoms with Crippen LogP contribution in [0.25, 0.3) is 0 Å². The molecule has 1 saturated carbocycles. The van der Waals surface area contributed by atoms with Crippen LogP contribution in [0.3, 0.4) is 0 Å². The standard InChI is InChI=1S/C15H19Cl2NO2/c1-10-5-7-15(20,8-6-10)9-18-14(19)11-3-2-4-12(16)13(11)17/h2-4,10,20H,5-9H2,1H3,(H,18,19). The Bertz CT molecular complexity index is 497. The van der Waals surface area contributed by atoms with Crippen molar-refractivity contribution >= 4 is 29.1 Å². The normalized spacial score (nSPS) is 26.3. The maximum atomic E-state index is 12.1. The molecule has 20 heavy (non-hydrogen) atoms. The van der Waals surface area contributed by atoms with Crippen molar-refractivity contribution in [1.29, 1.82) is 0 Å². The summed E-state index contributed by atoms with van der Waals surface area (Å²) >= 11 is 11.9. The van der Waals surface area contributed by atoms with Gasteiger partial charge in [-0.15, -0.1) is 0 Å². The van der Waals surface area contributed by atoms with E-state index in [-0.39, 0.29) is 17.5 Å². The van der Waals surface area contributed by atoms with Crippen molar-refractivity contribution in [2.45, 2.75) is 38.2 Å². The summed E-state index contributed by atoms with van der Waals surface area (Å²) in [4.78, 5) is 12.1. The highest BCUT2D eigenvalue weighted by atomic mass is 35.5. The molecule has 0 aromatic heterocycles. The highest BCUT2D eigenvalue weighted by Crippen LogP contribution is 2.31. The lowest BCUT2D eigenvalue weighted by Crippen LogP contribution is -2.45. The van der Waals surface area contributed by atoms with Crippen LogP contribution in [0.15, 0.2) is 18.2 Å². The van der Waals surface area contributed by atoms with E-state index in [1.165, 1.54) is 0 Å². The number of aliphatic hydroxyl groups is 1. The monoisotopic (exact) mass is 315 g/mol. The second kappa shape index (κ2) is 6.33. The van der Waals surface area contributed by atoms with Crippen LogP contribution in [0.1, 0.15) is 43.0 Å². The molecular weight excluding hydrogens is 297 g/mol. The Balaban J connectivity index is 1.97. The zero-order chi connectivity index (χ0) is 14.8. The van der Waals surface area contributed by atoms with Crippen molar-refractivity contribution in [3.05, 3.63) is 33.8 Å². The summed E-state index contributed by atoms with van der Waals surface area (Å²) in [6, 6.07) is 4.94. The highest BCUT2D eigenvalue weighted by Gasteiger charge is 2.32. The maximum Gasteiger partial charge on any atom is 0.252 e. The minimum atomic E-state index is -0.798. The highest BCUT2D eigenvalue weighted by molar-refractivity contribution is 6.43. The van der Waals surface area contributed by atoms with Crippen LogP contribution in [0.2, 0.25) is 10.0 Å². The molecule has 0 radical (unpaired) electrons. The molecule has 1 aliphatic rings. The minimum Gasteiger partial charge on any atom is -0.388 e. The number of amides is 1. The number of halogens is 2. The molecule has 2 N–H and O–H groups in total. The molecule has 1 aliphatic carbocycles. The van der Waals surface area contributed by atoms with E-state index < -0.39 is 5.60 Å². The van der Waals surface area contributed by atoms with Gasteiger partial charge in [0.05, 0.1) is 21.2 Å². The molecule has 5 heteroatoms. The van der Waals surface area contributed by atoms with Gasteiger partial charge in [-0.25, -0.2) is 0 Å². The molecule has 0 bridgehead atoms. The molecule has 110 valence electrons. The van der Waals surface area contributed by atoms with Gasteiger partial charge in [-0.1, -0.05) is 36.2 Å². The molecule has 0 aliphatic heterocycles. The van der Waals surface area contributed by atoms with E-state index in [1.54, 1.807) is 18.2 Å². The molecular formula is C15H19Cl2NO2. The van der Waals surface area contributed by atoms with Crippen LogP contribution in [-0.2, 0) is 0 Å². The fraction of sp³-hybridized carbons (Fsp3) is 0.533. The Labute approximate surface area is 129 Å². The van der Waals surface area contributed by atoms with Gasteiger partial charge in [0.15, 0.2) is 0 Å². The van der Waals surface area contributed by atoms with E-state index in [1.807, 2.05) is 0 Å². The van der Waals surface area contributed by atoms with Gasteiger partial charge in [-0.05, 0) is 43.7 Å². The van der Waals surface area contributed by atoms with E-state index in [4.69, 9.17) is 23.2 Å². The third-order valence-corrected chi connectivity index (χ3v) is 4.80. The largest absolute Gasteiger partial charge is 0.388 e. The lowest BCUT2D eigenvalue weighted by molar-refractivity contribution is -0.00539. The molecule has 0 unspecified atom stereocenters. The van der Waals surface area contributed by atoms with Crippen LogP contribution < -0.4 is 5.32 Å². The Morgan fingerprint density at radius 2 is 2.05 bits per heavy atom. The van der Waals surface area contributed by atoms with Crippen LogP contribution in [-0.4, -0.2) is 23.2 Å². The van der Waals surface area contributed by atoms with Gasteiger partial charge in [0.2, 0.25) is 0 Å². The predicted octanol–water partition coefficient (Wildman–Crippen LogP) is 3.66. The summed E-state index contributed by atoms with van der Waals surface area (Å²) in [6.07, 6.45) is 3.42. The van der Waals surface area contributed by atoms with E-state index in [2.05, 4.69) is 12.2 Å². The number of carbonyl (C=O) groups is 1. The molecule has 1 aromatic carbocycles. The summed E-state index contributed by atoms with van der Waals surface area (Å²) in [6.45, 7) is 2.44. The topological polar surface area (TPSA) is 49.3 Å². The van der Waals surface area contributed by atoms with Crippen molar-refractivity contribution in [3.63, 3.8) is 0 Å². The molecule has 0 atom stereocenters. The van der Waals surface area contributed by atoms with E-state index in [9.17, 15) is 9.90 Å². The van der Waals surface area contributed by atoms with Crippen molar-refractivity contribution < 1.29 is 9.90 Å². The molecule has 2 rings (SSSR count). The van der Waals surface area contributed by atoms with Crippen LogP contribution in [0.4, 0.5) is 0 Å². The zero-order valence-corrected chi connectivity index (χ0v) is 13.0. The van der Waals surface area contributed by atoms with Crippen LogP contribution in [0.5, 0.6) is 0 Å². The second-order valence-corrected chi connectivity index (χ2v) is 6.48. The average molecular weight is 316 g/mol. The minimum absolute atomic E-state index is 0.246. The Hall–Kier alpha value is -0.770. The van der Waals surface area contributed by atoms with Gasteiger partial charge in [-0.3, -0.25) is 4.79 Å². The van der Waals surface area contributed by atoms with Gasteiger partial charge in [0, 0.05) is 6.54 Å². The number of hydrogen-bond donors (Lipinski definition) is 2. The van der Waals surface area contributed by atoms with Gasteiger partial charge in [0.1, 0.15) is 0 Å². The van der Waals surface area contributed by atoms with E-state index >= 15 is 0 Å². The third kappa shape index (κ3) is 3.66. The van der Waals surface area contributed by atoms with Gasteiger partial charge < -0.3 is 10.4 Å². The van der Waals surface area contributed by atoms with Crippen molar-refractivity contribution in [3.8, 4) is 0 Å². The summed E-state index contributed by atoms with van der Waals surface area (Å²) < 4.78 is 0. The molecule has 0 saturated heterocycles. The van der Waals surface area contributed by atoms with Crippen molar-refractivity contribution in [1.82, 2.24) is 5.32 Å². The molecule has 1 fully saturated rings. The van der Waals surface area contributed by atoms with Gasteiger partial charge in [-0.2, -0.15) is 0 Å². The van der Waals surface area contributed by atoms with Gasteiger partial charge >= 0.3 is 0 Å². The lowest BCUT2D eigenvalue weighted by atomic mass is 9.79. The quantitative estimate of drug-likeness (QED) is 0.894. The molecule has 3 nitrogen and oxygen atoms in total. The Kier molecular flexibility index (Phi) is 4.95. The number of rotatable bonds is 3. The van der Waals surface area contributed by atoms with E-state index in [0.717, 1.165) is 25.7 Å². The predicted molar refractivity (Wildman–Crippen MR) is 81.4 cm³/mol. The summed E-state index contributed by atoms with van der Waals surface area (Å²) in [5.74, 6) is 0.345. The summed E-state index contributed by atoms with van der Waals surface area (Å²) in [5.41, 5.74) is -0.459. The van der Waals surface area contributed by atoms with E-state index in [0.29, 0.717) is 16.5 Å².